The quantitative estimate of drug-likeness (QED) is 0.437. The molecule has 1 saturated heterocycles. The average molecular weight is 330 g/mol. The van der Waals surface area contributed by atoms with Gasteiger partial charge in [0.05, 0.1) is 6.61 Å². The lowest BCUT2D eigenvalue weighted by atomic mass is 9.83. The van der Waals surface area contributed by atoms with Gasteiger partial charge >= 0.3 is 6.09 Å². The van der Waals surface area contributed by atoms with Crippen molar-refractivity contribution in [1.29, 1.82) is 0 Å². The molecule has 5 nitrogen and oxygen atoms in total. The summed E-state index contributed by atoms with van der Waals surface area (Å²) in [4.78, 5) is 22.8. The van der Waals surface area contributed by atoms with E-state index < -0.39 is 12.0 Å². The molecule has 2 aliphatic rings. The molecule has 0 saturated carbocycles. The van der Waals surface area contributed by atoms with Crippen LogP contribution in [0.25, 0.3) is 0 Å². The number of carbonyl (C=O) groups excluding carboxylic acids is 2. The van der Waals surface area contributed by atoms with Gasteiger partial charge in [-0.3, -0.25) is 4.79 Å². The number of epoxide rings is 1. The fourth-order valence-corrected chi connectivity index (χ4v) is 2.86. The molecule has 2 amide bonds. The number of carbonyl (C=O) groups is 2. The highest BCUT2D eigenvalue weighted by molar-refractivity contribution is 6.28. The van der Waals surface area contributed by atoms with Crippen molar-refractivity contribution in [3.8, 4) is 0 Å². The first-order valence-corrected chi connectivity index (χ1v) is 8.20. The van der Waals surface area contributed by atoms with Crippen molar-refractivity contribution in [2.24, 2.45) is 5.92 Å². The number of halogens is 1. The van der Waals surface area contributed by atoms with Crippen molar-refractivity contribution in [1.82, 2.24) is 4.42 Å². The lowest BCUT2D eigenvalue weighted by Crippen LogP contribution is -2.33. The molecular weight excluding hydrogens is 306 g/mol. The Morgan fingerprint density at radius 1 is 1.55 bits per heavy atom. The van der Waals surface area contributed by atoms with Crippen molar-refractivity contribution < 1.29 is 19.1 Å². The van der Waals surface area contributed by atoms with Crippen molar-refractivity contribution >= 4 is 23.8 Å². The number of hydrogen-bond acceptors (Lipinski definition) is 4. The van der Waals surface area contributed by atoms with Gasteiger partial charge in [0.25, 0.3) is 0 Å². The number of ether oxygens (including phenoxy) is 2. The van der Waals surface area contributed by atoms with Crippen LogP contribution < -0.4 is 0 Å². The van der Waals surface area contributed by atoms with Crippen molar-refractivity contribution in [2.75, 3.05) is 6.61 Å². The van der Waals surface area contributed by atoms with E-state index in [4.69, 9.17) is 21.3 Å². The summed E-state index contributed by atoms with van der Waals surface area (Å²) in [5.74, 6) is 0.125. The van der Waals surface area contributed by atoms with Crippen LogP contribution in [0.5, 0.6) is 0 Å². The zero-order valence-electron chi connectivity index (χ0n) is 13.4. The smallest absolute Gasteiger partial charge is 0.432 e. The topological polar surface area (TPSA) is 59.1 Å². The number of nitrogens with zero attached hydrogens (tertiary/aromatic N) is 1. The van der Waals surface area contributed by atoms with Crippen molar-refractivity contribution in [3.63, 3.8) is 0 Å². The van der Waals surface area contributed by atoms with Crippen LogP contribution in [0, 0.1) is 5.92 Å². The van der Waals surface area contributed by atoms with Gasteiger partial charge in [0.1, 0.15) is 11.7 Å². The second-order valence-electron chi connectivity index (χ2n) is 6.52. The van der Waals surface area contributed by atoms with Crippen LogP contribution in [-0.2, 0) is 14.3 Å². The molecular formula is C16H24ClNO4. The molecule has 2 unspecified atom stereocenters. The Hall–Kier alpha value is -1.07. The van der Waals surface area contributed by atoms with E-state index in [0.29, 0.717) is 16.8 Å². The van der Waals surface area contributed by atoms with E-state index in [1.54, 1.807) is 0 Å². The molecule has 2 rings (SSSR count). The van der Waals surface area contributed by atoms with Crippen LogP contribution in [0.3, 0.4) is 0 Å². The Kier molecular flexibility index (Phi) is 5.50. The molecule has 0 radical (unpaired) electrons. The molecule has 0 N–H and O–H groups in total. The minimum absolute atomic E-state index is 0.110. The average Bonchev–Trinajstić information content (AvgIpc) is 3.22. The Bertz CT molecular complexity index is 471. The maximum atomic E-state index is 11.7. The number of imide groups is 1. The zero-order chi connectivity index (χ0) is 16.3. The zero-order valence-corrected chi connectivity index (χ0v) is 14.2. The summed E-state index contributed by atoms with van der Waals surface area (Å²) < 4.78 is 11.4. The van der Waals surface area contributed by atoms with Crippen LogP contribution in [0.4, 0.5) is 4.79 Å². The Balaban J connectivity index is 1.95. The Morgan fingerprint density at radius 3 is 2.77 bits per heavy atom. The van der Waals surface area contributed by atoms with Crippen LogP contribution in [0.2, 0.25) is 0 Å². The van der Waals surface area contributed by atoms with Gasteiger partial charge in [-0.1, -0.05) is 20.3 Å². The Morgan fingerprint density at radius 2 is 2.23 bits per heavy atom. The van der Waals surface area contributed by atoms with E-state index in [9.17, 15) is 9.59 Å². The molecule has 0 bridgehead atoms. The summed E-state index contributed by atoms with van der Waals surface area (Å²) >= 11 is 5.57. The molecule has 0 aromatic rings. The van der Waals surface area contributed by atoms with E-state index >= 15 is 0 Å². The van der Waals surface area contributed by atoms with E-state index in [-0.39, 0.29) is 11.7 Å². The van der Waals surface area contributed by atoms with Crippen molar-refractivity contribution in [2.45, 2.75) is 64.6 Å². The molecule has 1 heterocycles. The fraction of sp³-hybridized carbons (Fsp3) is 0.750. The predicted octanol–water partition coefficient (Wildman–Crippen LogP) is 3.81. The van der Waals surface area contributed by atoms with Crippen LogP contribution in [-0.4, -0.2) is 34.7 Å². The van der Waals surface area contributed by atoms with Crippen LogP contribution in [0.1, 0.15) is 52.9 Å². The summed E-state index contributed by atoms with van der Waals surface area (Å²) in [6, 6.07) is 0. The third-order valence-corrected chi connectivity index (χ3v) is 4.59. The highest BCUT2D eigenvalue weighted by atomic mass is 35.5. The minimum atomic E-state index is -0.815. The first-order chi connectivity index (χ1) is 10.3. The molecule has 6 heteroatoms. The van der Waals surface area contributed by atoms with Crippen molar-refractivity contribution in [3.05, 3.63) is 11.6 Å². The second kappa shape index (κ2) is 7.01. The fourth-order valence-electron chi connectivity index (χ4n) is 2.82. The van der Waals surface area contributed by atoms with E-state index in [2.05, 4.69) is 13.8 Å². The highest BCUT2D eigenvalue weighted by Gasteiger charge is 2.50. The lowest BCUT2D eigenvalue weighted by Gasteiger charge is -2.27. The third kappa shape index (κ3) is 4.23. The van der Waals surface area contributed by atoms with E-state index in [1.807, 2.05) is 6.08 Å². The SMILES string of the molecule is CC(=O)N(Cl)C(=O)OC1C=C(CCCC(C)C)C2(CC1)CO2. The van der Waals surface area contributed by atoms with Gasteiger partial charge in [0.2, 0.25) is 5.91 Å². The molecule has 0 aromatic heterocycles. The first kappa shape index (κ1) is 17.3. The van der Waals surface area contributed by atoms with E-state index in [1.165, 1.54) is 12.5 Å². The molecule has 1 aliphatic carbocycles. The largest absolute Gasteiger partial charge is 0.441 e. The lowest BCUT2D eigenvalue weighted by molar-refractivity contribution is -0.123. The maximum Gasteiger partial charge on any atom is 0.432 e. The number of amides is 2. The summed E-state index contributed by atoms with van der Waals surface area (Å²) in [7, 11) is 0. The highest BCUT2D eigenvalue weighted by Crippen LogP contribution is 2.45. The van der Waals surface area contributed by atoms with E-state index in [0.717, 1.165) is 32.3 Å². The van der Waals surface area contributed by atoms with Gasteiger partial charge in [-0.25, -0.2) is 4.79 Å². The molecule has 124 valence electrons. The molecule has 0 aromatic carbocycles. The summed E-state index contributed by atoms with van der Waals surface area (Å²) in [5, 5.41) is 0. The molecule has 2 atom stereocenters. The number of hydrogen-bond donors (Lipinski definition) is 0. The maximum absolute atomic E-state index is 11.7. The van der Waals surface area contributed by atoms with Gasteiger partial charge in [0.15, 0.2) is 0 Å². The summed E-state index contributed by atoms with van der Waals surface area (Å²) in [6.45, 7) is 6.39. The monoisotopic (exact) mass is 329 g/mol. The second-order valence-corrected chi connectivity index (χ2v) is 6.86. The number of rotatable bonds is 5. The van der Waals surface area contributed by atoms with Crippen LogP contribution in [0.15, 0.2) is 11.6 Å². The molecule has 1 spiro atoms. The van der Waals surface area contributed by atoms with Gasteiger partial charge < -0.3 is 9.47 Å². The first-order valence-electron chi connectivity index (χ1n) is 7.86. The predicted molar refractivity (Wildman–Crippen MR) is 83.3 cm³/mol. The van der Waals surface area contributed by atoms with Gasteiger partial charge in [0, 0.05) is 18.7 Å². The van der Waals surface area contributed by atoms with Gasteiger partial charge in [-0.05, 0) is 43.3 Å². The minimum Gasteiger partial charge on any atom is -0.441 e. The normalized spacial score (nSPS) is 26.8. The van der Waals surface area contributed by atoms with Gasteiger partial charge in [-0.2, -0.15) is 4.42 Å². The molecule has 1 fully saturated rings. The van der Waals surface area contributed by atoms with Gasteiger partial charge in [-0.15, -0.1) is 0 Å². The molecule has 1 aliphatic heterocycles. The summed E-state index contributed by atoms with van der Waals surface area (Å²) in [6.07, 6.45) is 5.61. The van der Waals surface area contributed by atoms with Crippen LogP contribution >= 0.6 is 11.8 Å². The Labute approximate surface area is 136 Å². The standard InChI is InChI=1S/C16H24ClNO4/c1-11(2)5-4-6-13-9-14(7-8-16(13)10-21-16)22-15(20)18(17)12(3)19/h9,11,14H,4-8,10H2,1-3H3. The molecule has 22 heavy (non-hydrogen) atoms. The third-order valence-electron chi connectivity index (χ3n) is 4.21. The summed E-state index contributed by atoms with van der Waals surface area (Å²) in [5.41, 5.74) is 1.11.